The standard InChI is InChI=1S/C14H16BrNO2/c1-9-2-5-11(15)8-13(9)16-14(18)10-3-6-12(17)7-4-10/h2,5,8,10H,3-4,6-7H2,1H3,(H,16,18). The predicted molar refractivity (Wildman–Crippen MR) is 74.5 cm³/mol. The number of nitrogens with one attached hydrogen (secondary N) is 1. The van der Waals surface area contributed by atoms with Gasteiger partial charge in [0.1, 0.15) is 5.78 Å². The van der Waals surface area contributed by atoms with E-state index in [1.54, 1.807) is 0 Å². The highest BCUT2D eigenvalue weighted by molar-refractivity contribution is 9.10. The van der Waals surface area contributed by atoms with E-state index in [1.807, 2.05) is 25.1 Å². The van der Waals surface area contributed by atoms with Crippen LogP contribution in [0.4, 0.5) is 5.69 Å². The van der Waals surface area contributed by atoms with Gasteiger partial charge in [0.25, 0.3) is 0 Å². The van der Waals surface area contributed by atoms with E-state index in [4.69, 9.17) is 0 Å². The van der Waals surface area contributed by atoms with Gasteiger partial charge in [-0.1, -0.05) is 22.0 Å². The summed E-state index contributed by atoms with van der Waals surface area (Å²) in [6.07, 6.45) is 2.43. The molecule has 0 spiro atoms. The maximum Gasteiger partial charge on any atom is 0.227 e. The van der Waals surface area contributed by atoms with Gasteiger partial charge in [0.2, 0.25) is 5.91 Å². The molecule has 96 valence electrons. The third-order valence-corrected chi connectivity index (χ3v) is 3.86. The van der Waals surface area contributed by atoms with Gasteiger partial charge in [-0.2, -0.15) is 0 Å². The number of ketones is 1. The van der Waals surface area contributed by atoms with Crippen LogP contribution < -0.4 is 5.32 Å². The summed E-state index contributed by atoms with van der Waals surface area (Å²) in [5, 5.41) is 2.96. The number of hydrogen-bond donors (Lipinski definition) is 1. The Bertz CT molecular complexity index is 475. The van der Waals surface area contributed by atoms with E-state index in [9.17, 15) is 9.59 Å². The Morgan fingerprint density at radius 3 is 2.67 bits per heavy atom. The minimum Gasteiger partial charge on any atom is -0.326 e. The fourth-order valence-corrected chi connectivity index (χ4v) is 2.53. The zero-order valence-electron chi connectivity index (χ0n) is 10.3. The number of halogens is 1. The average Bonchev–Trinajstić information content (AvgIpc) is 2.34. The van der Waals surface area contributed by atoms with E-state index in [0.717, 1.165) is 15.7 Å². The Balaban J connectivity index is 2.02. The van der Waals surface area contributed by atoms with Crippen molar-refractivity contribution in [3.63, 3.8) is 0 Å². The zero-order chi connectivity index (χ0) is 13.1. The molecule has 0 saturated heterocycles. The number of amides is 1. The van der Waals surface area contributed by atoms with E-state index in [2.05, 4.69) is 21.2 Å². The van der Waals surface area contributed by atoms with Gasteiger partial charge in [-0.15, -0.1) is 0 Å². The number of Topliss-reactive ketones (excluding diaryl/α,β-unsaturated/α-hetero) is 1. The van der Waals surface area contributed by atoms with Crippen molar-refractivity contribution in [1.82, 2.24) is 0 Å². The summed E-state index contributed by atoms with van der Waals surface area (Å²) in [5.41, 5.74) is 1.88. The van der Waals surface area contributed by atoms with E-state index < -0.39 is 0 Å². The molecule has 0 aromatic heterocycles. The van der Waals surface area contributed by atoms with Crippen LogP contribution in [0.15, 0.2) is 22.7 Å². The first-order chi connectivity index (χ1) is 8.56. The van der Waals surface area contributed by atoms with Crippen LogP contribution in [0.25, 0.3) is 0 Å². The molecule has 1 fully saturated rings. The van der Waals surface area contributed by atoms with Crippen molar-refractivity contribution in [2.45, 2.75) is 32.6 Å². The zero-order valence-corrected chi connectivity index (χ0v) is 11.9. The molecule has 4 heteroatoms. The lowest BCUT2D eigenvalue weighted by Gasteiger charge is -2.20. The van der Waals surface area contributed by atoms with Crippen LogP contribution in [0, 0.1) is 12.8 Å². The van der Waals surface area contributed by atoms with Crippen LogP contribution in [0.3, 0.4) is 0 Å². The molecule has 1 saturated carbocycles. The third kappa shape index (κ3) is 3.19. The van der Waals surface area contributed by atoms with Crippen LogP contribution >= 0.6 is 15.9 Å². The largest absolute Gasteiger partial charge is 0.326 e. The predicted octanol–water partition coefficient (Wildman–Crippen LogP) is 3.46. The highest BCUT2D eigenvalue weighted by Gasteiger charge is 2.25. The van der Waals surface area contributed by atoms with E-state index in [1.165, 1.54) is 0 Å². The van der Waals surface area contributed by atoms with E-state index in [0.29, 0.717) is 25.7 Å². The number of benzene rings is 1. The summed E-state index contributed by atoms with van der Waals surface area (Å²) in [7, 11) is 0. The molecule has 18 heavy (non-hydrogen) atoms. The Kier molecular flexibility index (Phi) is 4.17. The van der Waals surface area contributed by atoms with Crippen molar-refractivity contribution in [2.24, 2.45) is 5.92 Å². The average molecular weight is 310 g/mol. The van der Waals surface area contributed by atoms with Gasteiger partial charge < -0.3 is 5.32 Å². The van der Waals surface area contributed by atoms with Crippen LogP contribution in [0.2, 0.25) is 0 Å². The lowest BCUT2D eigenvalue weighted by atomic mass is 9.88. The summed E-state index contributed by atoms with van der Waals surface area (Å²) < 4.78 is 0.947. The smallest absolute Gasteiger partial charge is 0.227 e. The molecule has 0 radical (unpaired) electrons. The van der Waals surface area contributed by atoms with Crippen molar-refractivity contribution < 1.29 is 9.59 Å². The molecule has 1 N–H and O–H groups in total. The summed E-state index contributed by atoms with van der Waals surface area (Å²) in [5.74, 6) is 0.280. The molecule has 1 aliphatic rings. The maximum atomic E-state index is 12.1. The number of carbonyl (C=O) groups excluding carboxylic acids is 2. The molecule has 1 aromatic carbocycles. The quantitative estimate of drug-likeness (QED) is 0.909. The summed E-state index contributed by atoms with van der Waals surface area (Å²) in [4.78, 5) is 23.3. The normalized spacial score (nSPS) is 16.7. The number of aryl methyl sites for hydroxylation is 1. The fraction of sp³-hybridized carbons (Fsp3) is 0.429. The first-order valence-corrected chi connectivity index (χ1v) is 6.94. The Hall–Kier alpha value is -1.16. The molecule has 0 heterocycles. The topological polar surface area (TPSA) is 46.2 Å². The summed E-state index contributed by atoms with van der Waals surface area (Å²) >= 11 is 3.39. The number of anilines is 1. The van der Waals surface area contributed by atoms with Crippen molar-refractivity contribution in [1.29, 1.82) is 0 Å². The van der Waals surface area contributed by atoms with E-state index >= 15 is 0 Å². The van der Waals surface area contributed by atoms with Crippen molar-refractivity contribution in [3.05, 3.63) is 28.2 Å². The fourth-order valence-electron chi connectivity index (χ4n) is 2.17. The summed E-state index contributed by atoms with van der Waals surface area (Å²) in [6, 6.07) is 5.82. The Morgan fingerprint density at radius 2 is 2.00 bits per heavy atom. The van der Waals surface area contributed by atoms with Crippen LogP contribution in [0.5, 0.6) is 0 Å². The van der Waals surface area contributed by atoms with Crippen molar-refractivity contribution in [3.8, 4) is 0 Å². The second kappa shape index (κ2) is 5.65. The first-order valence-electron chi connectivity index (χ1n) is 6.15. The minimum absolute atomic E-state index is 0.0268. The minimum atomic E-state index is -0.0268. The van der Waals surface area contributed by atoms with E-state index in [-0.39, 0.29) is 17.6 Å². The second-order valence-electron chi connectivity index (χ2n) is 4.76. The molecule has 0 aliphatic heterocycles. The molecular weight excluding hydrogens is 294 g/mol. The Morgan fingerprint density at radius 1 is 1.33 bits per heavy atom. The highest BCUT2D eigenvalue weighted by atomic mass is 79.9. The lowest BCUT2D eigenvalue weighted by Crippen LogP contribution is -2.27. The SMILES string of the molecule is Cc1ccc(Br)cc1NC(=O)C1CCC(=O)CC1. The van der Waals surface area contributed by atoms with Crippen LogP contribution in [0.1, 0.15) is 31.2 Å². The van der Waals surface area contributed by atoms with Gasteiger partial charge >= 0.3 is 0 Å². The summed E-state index contributed by atoms with van der Waals surface area (Å²) in [6.45, 7) is 1.96. The molecule has 1 amide bonds. The van der Waals surface area contributed by atoms with Gasteiger partial charge in [0, 0.05) is 28.9 Å². The molecule has 0 bridgehead atoms. The van der Waals surface area contributed by atoms with Crippen LogP contribution in [-0.4, -0.2) is 11.7 Å². The van der Waals surface area contributed by atoms with Gasteiger partial charge in [-0.3, -0.25) is 9.59 Å². The van der Waals surface area contributed by atoms with Crippen molar-refractivity contribution >= 4 is 33.3 Å². The first kappa shape index (κ1) is 13.3. The number of rotatable bonds is 2. The van der Waals surface area contributed by atoms with Crippen molar-refractivity contribution in [2.75, 3.05) is 5.32 Å². The molecule has 1 aromatic rings. The molecule has 1 aliphatic carbocycles. The molecule has 3 nitrogen and oxygen atoms in total. The van der Waals surface area contributed by atoms with Gasteiger partial charge in [0.05, 0.1) is 0 Å². The number of hydrogen-bond acceptors (Lipinski definition) is 2. The lowest BCUT2D eigenvalue weighted by molar-refractivity contribution is -0.125. The molecular formula is C14H16BrNO2. The number of carbonyl (C=O) groups is 2. The molecule has 2 rings (SSSR count). The van der Waals surface area contributed by atoms with Gasteiger partial charge in [-0.25, -0.2) is 0 Å². The Labute approximate surface area is 115 Å². The molecule has 0 unspecified atom stereocenters. The molecule has 0 atom stereocenters. The van der Waals surface area contributed by atoms with Gasteiger partial charge in [-0.05, 0) is 37.5 Å². The van der Waals surface area contributed by atoms with Gasteiger partial charge in [0.15, 0.2) is 0 Å². The highest BCUT2D eigenvalue weighted by Crippen LogP contribution is 2.25. The van der Waals surface area contributed by atoms with Crippen LogP contribution in [-0.2, 0) is 9.59 Å². The monoisotopic (exact) mass is 309 g/mol. The maximum absolute atomic E-state index is 12.1. The third-order valence-electron chi connectivity index (χ3n) is 3.37. The second-order valence-corrected chi connectivity index (χ2v) is 5.68.